The summed E-state index contributed by atoms with van der Waals surface area (Å²) < 4.78 is 55.4. The van der Waals surface area contributed by atoms with Gasteiger partial charge in [-0.25, -0.2) is 4.39 Å². The minimum atomic E-state index is -4.63. The monoisotopic (exact) mass is 577 g/mol. The molecule has 216 valence electrons. The number of nitrogens with one attached hydrogen (secondary N) is 3. The van der Waals surface area contributed by atoms with E-state index in [0.29, 0.717) is 22.3 Å². The van der Waals surface area contributed by atoms with Gasteiger partial charge in [-0.3, -0.25) is 14.4 Å². The summed E-state index contributed by atoms with van der Waals surface area (Å²) in [7, 11) is 0. The highest BCUT2D eigenvalue weighted by molar-refractivity contribution is 6.02. The summed E-state index contributed by atoms with van der Waals surface area (Å²) in [5, 5.41) is 6.11. The van der Waals surface area contributed by atoms with Gasteiger partial charge in [-0.2, -0.15) is 13.2 Å². The van der Waals surface area contributed by atoms with E-state index in [1.807, 2.05) is 24.3 Å². The molecule has 0 fully saturated rings. The van der Waals surface area contributed by atoms with E-state index in [2.05, 4.69) is 15.6 Å². The molecule has 0 radical (unpaired) electrons. The highest BCUT2D eigenvalue weighted by Gasteiger charge is 2.34. The molecule has 4 aromatic rings. The smallest absolute Gasteiger partial charge is 0.361 e. The van der Waals surface area contributed by atoms with Crippen molar-refractivity contribution in [3.63, 3.8) is 0 Å². The first-order valence-corrected chi connectivity index (χ1v) is 13.2. The van der Waals surface area contributed by atoms with Gasteiger partial charge in [0.05, 0.1) is 17.2 Å². The topological polar surface area (TPSA) is 91.1 Å². The number of benzene rings is 3. The van der Waals surface area contributed by atoms with Gasteiger partial charge >= 0.3 is 6.18 Å². The van der Waals surface area contributed by atoms with Crippen LogP contribution in [0.25, 0.3) is 10.9 Å². The molecule has 1 aliphatic rings. The van der Waals surface area contributed by atoms with Crippen molar-refractivity contribution in [2.45, 2.75) is 45.5 Å². The van der Waals surface area contributed by atoms with E-state index in [4.69, 9.17) is 0 Å². The van der Waals surface area contributed by atoms with Gasteiger partial charge < -0.3 is 15.6 Å². The van der Waals surface area contributed by atoms with E-state index in [0.717, 1.165) is 28.6 Å². The van der Waals surface area contributed by atoms with Crippen molar-refractivity contribution >= 4 is 28.5 Å². The Morgan fingerprint density at radius 2 is 1.81 bits per heavy atom. The van der Waals surface area contributed by atoms with Gasteiger partial charge in [0.1, 0.15) is 5.82 Å². The lowest BCUT2D eigenvalue weighted by Gasteiger charge is -2.28. The number of hydrogen-bond donors (Lipinski definition) is 3. The fraction of sp³-hybridized carbons (Fsp3) is 0.219. The third-order valence-corrected chi connectivity index (χ3v) is 7.47. The number of H-pyrrole nitrogens is 1. The minimum absolute atomic E-state index is 0.0148. The number of amides is 2. The van der Waals surface area contributed by atoms with Gasteiger partial charge in [0.2, 0.25) is 5.91 Å². The highest BCUT2D eigenvalue weighted by Crippen LogP contribution is 2.34. The number of Topliss-reactive ketones (excluding diaryl/α,β-unsaturated/α-hetero) is 1. The number of aryl methyl sites for hydroxylation is 1. The van der Waals surface area contributed by atoms with Crippen LogP contribution in [0.5, 0.6) is 0 Å². The van der Waals surface area contributed by atoms with Crippen LogP contribution in [0.15, 0.2) is 78.0 Å². The molecule has 6 nitrogen and oxygen atoms in total. The maximum Gasteiger partial charge on any atom is 0.416 e. The Balaban J connectivity index is 1.41. The molecule has 3 aromatic carbocycles. The second kappa shape index (κ2) is 11.3. The molecule has 3 N–H and O–H groups in total. The zero-order valence-electron chi connectivity index (χ0n) is 22.8. The number of rotatable bonds is 7. The summed E-state index contributed by atoms with van der Waals surface area (Å²) >= 11 is 0. The predicted octanol–water partition coefficient (Wildman–Crippen LogP) is 6.25. The number of carbonyl (C=O) groups excluding carboxylic acids is 3. The predicted molar refractivity (Wildman–Crippen MR) is 149 cm³/mol. The Morgan fingerprint density at radius 3 is 2.57 bits per heavy atom. The normalized spacial score (nSPS) is 15.6. The van der Waals surface area contributed by atoms with Crippen molar-refractivity contribution in [1.82, 2.24) is 15.6 Å². The Bertz CT molecular complexity index is 1750. The van der Waals surface area contributed by atoms with Crippen molar-refractivity contribution in [3.8, 4) is 0 Å². The van der Waals surface area contributed by atoms with Crippen LogP contribution >= 0.6 is 0 Å². The molecule has 1 atom stereocenters. The minimum Gasteiger partial charge on any atom is -0.361 e. The third-order valence-electron chi connectivity index (χ3n) is 7.47. The first-order valence-electron chi connectivity index (χ1n) is 13.2. The molecule has 0 saturated carbocycles. The number of fused-ring (bicyclic) bond motifs is 1. The lowest BCUT2D eigenvalue weighted by molar-refractivity contribution is -0.138. The molecule has 5 rings (SSSR count). The second-order valence-electron chi connectivity index (χ2n) is 10.4. The molecule has 2 amide bonds. The first kappa shape index (κ1) is 28.8. The average Bonchev–Trinajstić information content (AvgIpc) is 3.39. The SMILES string of the molecule is CC1=C(C(=O)Cc2ccc3[nH]ccc3c2)C(c2ccc(F)c(C(=O)NCc3c(C)cccc3C(F)(F)F)c2)NC(=O)C1. The zero-order chi connectivity index (χ0) is 30.2. The molecular formula is C32H27F4N3O3. The van der Waals surface area contributed by atoms with Crippen molar-refractivity contribution in [3.05, 3.63) is 117 Å². The number of halogens is 4. The second-order valence-corrected chi connectivity index (χ2v) is 10.4. The number of hydrogen-bond acceptors (Lipinski definition) is 3. The Labute approximate surface area is 238 Å². The Kier molecular flexibility index (Phi) is 7.73. The summed E-state index contributed by atoms with van der Waals surface area (Å²) in [6.07, 6.45) is -2.75. The number of aromatic nitrogens is 1. The van der Waals surface area contributed by atoms with Gasteiger partial charge in [0.25, 0.3) is 5.91 Å². The lowest BCUT2D eigenvalue weighted by Crippen LogP contribution is -2.37. The van der Waals surface area contributed by atoms with E-state index in [1.54, 1.807) is 13.1 Å². The molecule has 0 aliphatic carbocycles. The van der Waals surface area contributed by atoms with E-state index < -0.39 is 41.6 Å². The van der Waals surface area contributed by atoms with Crippen LogP contribution in [0.2, 0.25) is 0 Å². The van der Waals surface area contributed by atoms with E-state index >= 15 is 0 Å². The van der Waals surface area contributed by atoms with Crippen LogP contribution in [-0.2, 0) is 28.7 Å². The zero-order valence-corrected chi connectivity index (χ0v) is 22.8. The first-order chi connectivity index (χ1) is 19.9. The molecule has 2 heterocycles. The standard InChI is InChI=1S/C32H27F4N3O3/c1-17-4-3-5-24(32(34,35)36)23(17)16-38-31(42)22-15-21(7-8-25(22)33)30-29(18(2)12-28(41)39-30)27(40)14-19-6-9-26-20(13-19)10-11-37-26/h3-11,13,15,30,37H,12,14,16H2,1-2H3,(H,38,42)(H,39,41). The largest absolute Gasteiger partial charge is 0.416 e. The van der Waals surface area contributed by atoms with Gasteiger partial charge in [0, 0.05) is 36.7 Å². The van der Waals surface area contributed by atoms with Gasteiger partial charge in [-0.05, 0) is 77.9 Å². The molecule has 1 aliphatic heterocycles. The fourth-order valence-corrected chi connectivity index (χ4v) is 5.37. The molecule has 0 saturated heterocycles. The number of carbonyl (C=O) groups is 3. The van der Waals surface area contributed by atoms with Gasteiger partial charge in [-0.1, -0.05) is 29.8 Å². The van der Waals surface area contributed by atoms with Crippen molar-refractivity contribution < 1.29 is 31.9 Å². The summed E-state index contributed by atoms with van der Waals surface area (Å²) in [6.45, 7) is 2.71. The summed E-state index contributed by atoms with van der Waals surface area (Å²) in [6, 6.07) is 13.9. The molecule has 42 heavy (non-hydrogen) atoms. The molecular weight excluding hydrogens is 550 g/mol. The number of ketones is 1. The van der Waals surface area contributed by atoms with Crippen molar-refractivity contribution in [2.24, 2.45) is 0 Å². The maximum absolute atomic E-state index is 14.8. The highest BCUT2D eigenvalue weighted by atomic mass is 19.4. The Hall–Kier alpha value is -4.73. The van der Waals surface area contributed by atoms with Crippen LogP contribution in [0, 0.1) is 12.7 Å². The summed E-state index contributed by atoms with van der Waals surface area (Å²) in [5.41, 5.74) is 1.79. The van der Waals surface area contributed by atoms with E-state index in [1.165, 1.54) is 31.2 Å². The summed E-state index contributed by atoms with van der Waals surface area (Å²) in [5.74, 6) is -2.40. The van der Waals surface area contributed by atoms with Crippen LogP contribution in [0.3, 0.4) is 0 Å². The van der Waals surface area contributed by atoms with Crippen molar-refractivity contribution in [2.75, 3.05) is 0 Å². The quantitative estimate of drug-likeness (QED) is 0.227. The fourth-order valence-electron chi connectivity index (χ4n) is 5.37. The van der Waals surface area contributed by atoms with Gasteiger partial charge in [-0.15, -0.1) is 0 Å². The number of aromatic amines is 1. The lowest BCUT2D eigenvalue weighted by atomic mass is 9.85. The van der Waals surface area contributed by atoms with E-state index in [-0.39, 0.29) is 30.1 Å². The molecule has 1 aromatic heterocycles. The third kappa shape index (κ3) is 5.83. The summed E-state index contributed by atoms with van der Waals surface area (Å²) in [4.78, 5) is 42.2. The Morgan fingerprint density at radius 1 is 1.02 bits per heavy atom. The van der Waals surface area contributed by atoms with E-state index in [9.17, 15) is 31.9 Å². The van der Waals surface area contributed by atoms with Crippen LogP contribution < -0.4 is 10.6 Å². The van der Waals surface area contributed by atoms with Crippen LogP contribution in [0.1, 0.15) is 57.6 Å². The molecule has 1 unspecified atom stereocenters. The van der Waals surface area contributed by atoms with Crippen molar-refractivity contribution in [1.29, 1.82) is 0 Å². The van der Waals surface area contributed by atoms with Crippen LogP contribution in [-0.4, -0.2) is 22.6 Å². The average molecular weight is 578 g/mol. The molecule has 0 bridgehead atoms. The molecule has 0 spiro atoms. The maximum atomic E-state index is 14.8. The molecule has 10 heteroatoms. The van der Waals surface area contributed by atoms with Gasteiger partial charge in [0.15, 0.2) is 5.78 Å². The van der Waals surface area contributed by atoms with Crippen LogP contribution in [0.4, 0.5) is 17.6 Å². The number of alkyl halides is 3.